The van der Waals surface area contributed by atoms with Crippen LogP contribution in [0.2, 0.25) is 0 Å². The first-order valence-electron chi connectivity index (χ1n) is 15.1. The molecule has 0 spiro atoms. The third-order valence-corrected chi connectivity index (χ3v) is 11.0. The molecule has 1 saturated heterocycles. The number of ether oxygens (including phenoxy) is 2. The maximum absolute atomic E-state index is 12.2. The normalized spacial score (nSPS) is 26.7. The summed E-state index contributed by atoms with van der Waals surface area (Å²) in [5.41, 5.74) is 0.159. The van der Waals surface area contributed by atoms with E-state index in [0.717, 1.165) is 18.9 Å². The Morgan fingerprint density at radius 3 is 2.56 bits per heavy atom. The van der Waals surface area contributed by atoms with Crippen LogP contribution < -0.4 is 10.6 Å². The zero-order chi connectivity index (χ0) is 33.3. The molecule has 0 saturated carbocycles. The molecule has 15 heteroatoms. The minimum absolute atomic E-state index is 0.0539. The standard InChI is InChI=1S/C30H44N2O11S2/c1-17(19(3)33)10-9-11-20-15-43-28(27(38)26(20)37)25(36)18(2)14-23(35)42-13-8-6-4-5-7-12-22(34)32-24-29-21(31-30(24)39)16-44-45(29,40)41/h9-10,14,16-17,19-20,25-28,33,36-38H,4-8,11-13,15H2,1-3H3,(H,31,39)(H,32,34)/b10-9+,18-14+/t17-,19+,20+,25-,26-,27-,28+/m1/s1. The van der Waals surface area contributed by atoms with Crippen LogP contribution in [-0.4, -0.2) is 90.4 Å². The Labute approximate surface area is 267 Å². The number of amides is 2. The Morgan fingerprint density at radius 2 is 1.84 bits per heavy atom. The number of carbonyl (C=O) groups is 3. The zero-order valence-corrected chi connectivity index (χ0v) is 27.3. The van der Waals surface area contributed by atoms with Gasteiger partial charge in [-0.25, -0.2) is 13.2 Å². The van der Waals surface area contributed by atoms with Crippen LogP contribution in [0, 0.1) is 11.8 Å². The fourth-order valence-electron chi connectivity index (χ4n) is 4.98. The van der Waals surface area contributed by atoms with Gasteiger partial charge in [-0.3, -0.25) is 9.59 Å². The summed E-state index contributed by atoms with van der Waals surface area (Å²) in [4.78, 5) is 36.3. The topological polar surface area (TPSA) is 209 Å². The first-order valence-corrected chi connectivity index (χ1v) is 18.0. The molecule has 3 rings (SSSR count). The van der Waals surface area contributed by atoms with Crippen LogP contribution in [0.25, 0.3) is 0 Å². The number of aliphatic hydroxyl groups is 4. The van der Waals surface area contributed by atoms with Crippen LogP contribution in [-0.2, 0) is 32.7 Å². The SMILES string of the molecule is C/C(=C\C(=O)OCCCCCCCC(=O)NC1=C2C(=CSS2(=O)=O)NC1=O)[C@@H](O)[C@@H]1OC[C@H](C/C=C/[C@@H](C)[C@H](C)O)[C@@H](O)[C@H]1O. The summed E-state index contributed by atoms with van der Waals surface area (Å²) in [6.07, 6.45) is 3.22. The van der Waals surface area contributed by atoms with Gasteiger partial charge in [0.15, 0.2) is 0 Å². The van der Waals surface area contributed by atoms with Crippen molar-refractivity contribution in [3.8, 4) is 0 Å². The number of carbonyl (C=O) groups excluding carboxylic acids is 3. The number of hydrogen-bond donors (Lipinski definition) is 6. The summed E-state index contributed by atoms with van der Waals surface area (Å²) >= 11 is 0. The van der Waals surface area contributed by atoms with Gasteiger partial charge >= 0.3 is 5.97 Å². The van der Waals surface area contributed by atoms with E-state index >= 15 is 0 Å². The monoisotopic (exact) mass is 672 g/mol. The van der Waals surface area contributed by atoms with E-state index in [1.165, 1.54) is 12.3 Å². The molecular weight excluding hydrogens is 628 g/mol. The van der Waals surface area contributed by atoms with E-state index in [0.29, 0.717) is 36.5 Å². The number of nitrogens with one attached hydrogen (secondary N) is 2. The van der Waals surface area contributed by atoms with E-state index < -0.39 is 57.2 Å². The lowest BCUT2D eigenvalue weighted by molar-refractivity contribution is -0.187. The summed E-state index contributed by atoms with van der Waals surface area (Å²) in [7, 11) is -3.12. The van der Waals surface area contributed by atoms with Crippen molar-refractivity contribution in [2.24, 2.45) is 11.8 Å². The summed E-state index contributed by atoms with van der Waals surface area (Å²) < 4.78 is 35.0. The number of esters is 1. The third-order valence-electron chi connectivity index (χ3n) is 7.98. The highest BCUT2D eigenvalue weighted by Gasteiger charge is 2.42. The van der Waals surface area contributed by atoms with Crippen LogP contribution in [0.5, 0.6) is 0 Å². The molecule has 0 aliphatic carbocycles. The average Bonchev–Trinajstić information content (AvgIpc) is 3.45. The number of hydrogen-bond acceptors (Lipinski definition) is 12. The summed E-state index contributed by atoms with van der Waals surface area (Å²) in [5.74, 6) is -2.20. The van der Waals surface area contributed by atoms with E-state index in [9.17, 15) is 43.2 Å². The largest absolute Gasteiger partial charge is 0.463 e. The summed E-state index contributed by atoms with van der Waals surface area (Å²) in [5, 5.41) is 47.5. The molecule has 6 N–H and O–H groups in total. The number of unbranched alkanes of at least 4 members (excludes halogenated alkanes) is 4. The Balaban J connectivity index is 1.30. The van der Waals surface area contributed by atoms with Crippen LogP contribution in [0.4, 0.5) is 0 Å². The van der Waals surface area contributed by atoms with E-state index in [4.69, 9.17) is 9.47 Å². The number of aliphatic hydroxyl groups excluding tert-OH is 4. The molecule has 13 nitrogen and oxygen atoms in total. The minimum atomic E-state index is -3.70. The van der Waals surface area contributed by atoms with Crippen molar-refractivity contribution in [2.75, 3.05) is 13.2 Å². The predicted octanol–water partition coefficient (Wildman–Crippen LogP) is 1.25. The minimum Gasteiger partial charge on any atom is -0.463 e. The Hall–Kier alpha value is -2.53. The van der Waals surface area contributed by atoms with Gasteiger partial charge in [0, 0.05) is 34.6 Å². The highest BCUT2D eigenvalue weighted by molar-refractivity contribution is 8.75. The molecule has 0 aromatic heterocycles. The van der Waals surface area contributed by atoms with Gasteiger partial charge in [-0.2, -0.15) is 0 Å². The fraction of sp³-hybridized carbons (Fsp3) is 0.633. The molecule has 7 atom stereocenters. The molecular formula is C30H44N2O11S2. The Bertz CT molecular complexity index is 1320. The van der Waals surface area contributed by atoms with Crippen molar-refractivity contribution in [1.82, 2.24) is 10.6 Å². The van der Waals surface area contributed by atoms with Crippen LogP contribution in [0.1, 0.15) is 65.7 Å². The van der Waals surface area contributed by atoms with E-state index in [1.807, 2.05) is 19.1 Å². The molecule has 0 unspecified atom stereocenters. The summed E-state index contributed by atoms with van der Waals surface area (Å²) in [6, 6.07) is 0. The van der Waals surface area contributed by atoms with Gasteiger partial charge in [-0.15, -0.1) is 0 Å². The number of allylic oxidation sites excluding steroid dienone is 1. The molecule has 3 aliphatic rings. The van der Waals surface area contributed by atoms with E-state index in [1.54, 1.807) is 6.92 Å². The van der Waals surface area contributed by atoms with Crippen molar-refractivity contribution in [1.29, 1.82) is 0 Å². The highest BCUT2D eigenvalue weighted by atomic mass is 33.1. The van der Waals surface area contributed by atoms with Crippen molar-refractivity contribution in [3.63, 3.8) is 0 Å². The van der Waals surface area contributed by atoms with Crippen LogP contribution in [0.3, 0.4) is 0 Å². The van der Waals surface area contributed by atoms with Crippen molar-refractivity contribution >= 4 is 37.4 Å². The van der Waals surface area contributed by atoms with Crippen molar-refractivity contribution < 1.29 is 52.7 Å². The second-order valence-electron chi connectivity index (χ2n) is 11.6. The first kappa shape index (κ1) is 36.9. The van der Waals surface area contributed by atoms with Gasteiger partial charge in [0.25, 0.3) is 5.91 Å². The van der Waals surface area contributed by atoms with Crippen LogP contribution >= 0.6 is 10.8 Å². The van der Waals surface area contributed by atoms with Gasteiger partial charge < -0.3 is 40.5 Å². The smallest absolute Gasteiger partial charge is 0.330 e. The van der Waals surface area contributed by atoms with Crippen LogP contribution in [0.15, 0.2) is 45.5 Å². The average molecular weight is 673 g/mol. The molecule has 0 aromatic rings. The van der Waals surface area contributed by atoms with Gasteiger partial charge in [0.1, 0.15) is 28.9 Å². The molecule has 2 amide bonds. The van der Waals surface area contributed by atoms with Gasteiger partial charge in [-0.1, -0.05) is 38.3 Å². The van der Waals surface area contributed by atoms with Crippen molar-refractivity contribution in [3.05, 3.63) is 45.5 Å². The maximum atomic E-state index is 12.2. The molecule has 1 fully saturated rings. The van der Waals surface area contributed by atoms with Gasteiger partial charge in [-0.05, 0) is 44.6 Å². The highest BCUT2D eigenvalue weighted by Crippen LogP contribution is 2.40. The Kier molecular flexibility index (Phi) is 13.8. The number of rotatable bonds is 16. The Morgan fingerprint density at radius 1 is 1.16 bits per heavy atom. The summed E-state index contributed by atoms with van der Waals surface area (Å²) in [6.45, 7) is 5.32. The fourth-order valence-corrected chi connectivity index (χ4v) is 7.80. The number of fused-ring (bicyclic) bond motifs is 1. The molecule has 0 aromatic carbocycles. The molecule has 0 bridgehead atoms. The van der Waals surface area contributed by atoms with E-state index in [2.05, 4.69) is 10.6 Å². The van der Waals surface area contributed by atoms with Gasteiger partial charge in [0.05, 0.1) is 31.1 Å². The van der Waals surface area contributed by atoms with E-state index in [-0.39, 0.29) is 53.3 Å². The molecule has 252 valence electrons. The lowest BCUT2D eigenvalue weighted by atomic mass is 9.86. The lowest BCUT2D eigenvalue weighted by Gasteiger charge is -2.39. The first-order chi connectivity index (χ1) is 21.2. The maximum Gasteiger partial charge on any atom is 0.330 e. The molecule has 0 radical (unpaired) electrons. The molecule has 45 heavy (non-hydrogen) atoms. The van der Waals surface area contributed by atoms with Gasteiger partial charge in [0.2, 0.25) is 14.8 Å². The zero-order valence-electron chi connectivity index (χ0n) is 25.7. The van der Waals surface area contributed by atoms with Crippen molar-refractivity contribution in [2.45, 2.75) is 96.2 Å². The third kappa shape index (κ3) is 10.2. The predicted molar refractivity (Wildman–Crippen MR) is 166 cm³/mol. The molecule has 3 heterocycles. The quantitative estimate of drug-likeness (QED) is 0.0450. The second kappa shape index (κ2) is 16.9. The molecule has 3 aliphatic heterocycles. The lowest BCUT2D eigenvalue weighted by Crippen LogP contribution is -2.54. The second-order valence-corrected chi connectivity index (χ2v) is 15.2.